The zero-order valence-corrected chi connectivity index (χ0v) is 9.56. The molecule has 0 aliphatic heterocycles. The molecule has 2 atom stereocenters. The van der Waals surface area contributed by atoms with Crippen molar-refractivity contribution < 1.29 is 5.11 Å². The predicted molar refractivity (Wildman–Crippen MR) is 68.4 cm³/mol. The molecule has 0 fully saturated rings. The molecule has 1 heteroatoms. The summed E-state index contributed by atoms with van der Waals surface area (Å²) in [5, 5.41) is 10.0. The Balaban J connectivity index is 1.97. The van der Waals surface area contributed by atoms with E-state index >= 15 is 0 Å². The molecule has 2 unspecified atom stereocenters. The molecule has 0 aromatic rings. The normalized spacial score (nSPS) is 32.8. The molecular formula is C16H14O. The van der Waals surface area contributed by atoms with E-state index in [0.29, 0.717) is 17.6 Å². The molecule has 0 heterocycles. The van der Waals surface area contributed by atoms with Crippen molar-refractivity contribution in [1.82, 2.24) is 0 Å². The number of rotatable bonds is 0. The van der Waals surface area contributed by atoms with Gasteiger partial charge in [0.1, 0.15) is 5.76 Å². The lowest BCUT2D eigenvalue weighted by atomic mass is 9.62. The molecule has 0 saturated heterocycles. The molecule has 0 bridgehead atoms. The second-order valence-corrected chi connectivity index (χ2v) is 5.13. The highest BCUT2D eigenvalue weighted by molar-refractivity contribution is 5.56. The van der Waals surface area contributed by atoms with Gasteiger partial charge in [0.25, 0.3) is 0 Å². The van der Waals surface area contributed by atoms with E-state index in [1.165, 1.54) is 16.7 Å². The molecule has 0 aromatic heterocycles. The molecular weight excluding hydrogens is 208 g/mol. The van der Waals surface area contributed by atoms with Crippen molar-refractivity contribution in [3.63, 3.8) is 0 Å². The fraction of sp³-hybridized carbons (Fsp3) is 0.250. The molecule has 4 aliphatic rings. The number of aliphatic hydroxyl groups excluding tert-OH is 1. The van der Waals surface area contributed by atoms with Crippen LogP contribution in [0.25, 0.3) is 0 Å². The van der Waals surface area contributed by atoms with Crippen molar-refractivity contribution in [2.24, 2.45) is 11.8 Å². The van der Waals surface area contributed by atoms with Gasteiger partial charge in [0.05, 0.1) is 0 Å². The summed E-state index contributed by atoms with van der Waals surface area (Å²) < 4.78 is 0. The molecule has 17 heavy (non-hydrogen) atoms. The Kier molecular flexibility index (Phi) is 1.71. The maximum absolute atomic E-state index is 10.0. The van der Waals surface area contributed by atoms with Gasteiger partial charge in [-0.3, -0.25) is 0 Å². The van der Waals surface area contributed by atoms with Gasteiger partial charge in [-0.25, -0.2) is 0 Å². The van der Waals surface area contributed by atoms with Crippen molar-refractivity contribution in [2.75, 3.05) is 0 Å². The van der Waals surface area contributed by atoms with Gasteiger partial charge >= 0.3 is 0 Å². The SMILES string of the molecule is OC1=CC=C2CC=C3C=CCC4=CC=C1C2C34. The smallest absolute Gasteiger partial charge is 0.119 e. The molecule has 0 aromatic carbocycles. The van der Waals surface area contributed by atoms with Crippen LogP contribution in [0.4, 0.5) is 0 Å². The van der Waals surface area contributed by atoms with Crippen LogP contribution in [0.1, 0.15) is 12.8 Å². The van der Waals surface area contributed by atoms with E-state index in [9.17, 15) is 5.11 Å². The Morgan fingerprint density at radius 2 is 1.76 bits per heavy atom. The van der Waals surface area contributed by atoms with Crippen molar-refractivity contribution in [2.45, 2.75) is 12.8 Å². The van der Waals surface area contributed by atoms with Crippen molar-refractivity contribution in [3.05, 3.63) is 70.6 Å². The van der Waals surface area contributed by atoms with Crippen molar-refractivity contribution in [3.8, 4) is 0 Å². The summed E-state index contributed by atoms with van der Waals surface area (Å²) in [6.45, 7) is 0. The highest BCUT2D eigenvalue weighted by Crippen LogP contribution is 2.50. The predicted octanol–water partition coefficient (Wildman–Crippen LogP) is 3.76. The van der Waals surface area contributed by atoms with E-state index in [-0.39, 0.29) is 0 Å². The van der Waals surface area contributed by atoms with E-state index < -0.39 is 0 Å². The minimum atomic E-state index is 0.393. The summed E-state index contributed by atoms with van der Waals surface area (Å²) in [6, 6.07) is 0. The zero-order valence-electron chi connectivity index (χ0n) is 9.56. The molecule has 0 spiro atoms. The summed E-state index contributed by atoms with van der Waals surface area (Å²) in [5.74, 6) is 1.32. The quantitative estimate of drug-likeness (QED) is 0.661. The highest BCUT2D eigenvalue weighted by atomic mass is 16.3. The molecule has 4 rings (SSSR count). The van der Waals surface area contributed by atoms with E-state index in [1.807, 2.05) is 6.08 Å². The first-order chi connectivity index (χ1) is 8.34. The largest absolute Gasteiger partial charge is 0.508 e. The number of hydrogen-bond acceptors (Lipinski definition) is 1. The van der Waals surface area contributed by atoms with Crippen LogP contribution >= 0.6 is 0 Å². The van der Waals surface area contributed by atoms with Crippen molar-refractivity contribution >= 4 is 0 Å². The Morgan fingerprint density at radius 1 is 0.941 bits per heavy atom. The lowest BCUT2D eigenvalue weighted by molar-refractivity contribution is 0.387. The van der Waals surface area contributed by atoms with E-state index in [4.69, 9.17) is 0 Å². The number of hydrogen-bond donors (Lipinski definition) is 1. The van der Waals surface area contributed by atoms with Gasteiger partial charge in [-0.15, -0.1) is 0 Å². The van der Waals surface area contributed by atoms with Crippen LogP contribution in [0.2, 0.25) is 0 Å². The first-order valence-electron chi connectivity index (χ1n) is 6.22. The summed E-state index contributed by atoms with van der Waals surface area (Å²) in [6.07, 6.45) is 17.2. The van der Waals surface area contributed by atoms with Gasteiger partial charge in [-0.2, -0.15) is 0 Å². The van der Waals surface area contributed by atoms with Crippen LogP contribution < -0.4 is 0 Å². The van der Waals surface area contributed by atoms with Gasteiger partial charge in [-0.1, -0.05) is 47.6 Å². The Morgan fingerprint density at radius 3 is 2.71 bits per heavy atom. The summed E-state index contributed by atoms with van der Waals surface area (Å²) >= 11 is 0. The Bertz CT molecular complexity index is 579. The van der Waals surface area contributed by atoms with Gasteiger partial charge < -0.3 is 5.11 Å². The van der Waals surface area contributed by atoms with Crippen molar-refractivity contribution in [1.29, 1.82) is 0 Å². The van der Waals surface area contributed by atoms with E-state index in [1.54, 1.807) is 0 Å². The maximum Gasteiger partial charge on any atom is 0.119 e. The average molecular weight is 222 g/mol. The minimum Gasteiger partial charge on any atom is -0.508 e. The fourth-order valence-corrected chi connectivity index (χ4v) is 3.50. The third-order valence-electron chi connectivity index (χ3n) is 4.29. The van der Waals surface area contributed by atoms with Crippen LogP contribution in [0.3, 0.4) is 0 Å². The summed E-state index contributed by atoms with van der Waals surface area (Å²) in [7, 11) is 0. The van der Waals surface area contributed by atoms with Gasteiger partial charge in [0.15, 0.2) is 0 Å². The monoisotopic (exact) mass is 222 g/mol. The topological polar surface area (TPSA) is 20.2 Å². The number of allylic oxidation sites excluding steroid dienone is 11. The minimum absolute atomic E-state index is 0.393. The molecule has 0 radical (unpaired) electrons. The zero-order chi connectivity index (χ0) is 11.4. The molecule has 4 aliphatic carbocycles. The van der Waals surface area contributed by atoms with Crippen LogP contribution in [0.5, 0.6) is 0 Å². The fourth-order valence-electron chi connectivity index (χ4n) is 3.50. The average Bonchev–Trinajstić information content (AvgIpc) is 2.38. The first kappa shape index (κ1) is 9.29. The van der Waals surface area contributed by atoms with Crippen LogP contribution in [-0.2, 0) is 0 Å². The second kappa shape index (κ2) is 3.13. The standard InChI is InChI=1S/C16H14O/c17-14-9-7-12-5-4-10-2-1-3-11-6-8-13(14)16(12)15(10)11/h1-2,4,6-9,15-17H,3,5H2. The maximum atomic E-state index is 10.0. The molecule has 1 nitrogen and oxygen atoms in total. The Labute approximate surface area is 101 Å². The lowest BCUT2D eigenvalue weighted by Crippen LogP contribution is -2.30. The summed E-state index contributed by atoms with van der Waals surface area (Å²) in [4.78, 5) is 0. The van der Waals surface area contributed by atoms with Gasteiger partial charge in [0.2, 0.25) is 0 Å². The third-order valence-corrected chi connectivity index (χ3v) is 4.29. The molecule has 0 amide bonds. The molecule has 84 valence electrons. The lowest BCUT2D eigenvalue weighted by Gasteiger charge is -2.41. The van der Waals surface area contributed by atoms with Crippen LogP contribution in [0, 0.1) is 11.8 Å². The van der Waals surface area contributed by atoms with E-state index in [2.05, 4.69) is 36.5 Å². The number of aliphatic hydroxyl groups is 1. The van der Waals surface area contributed by atoms with Gasteiger partial charge in [-0.05, 0) is 24.5 Å². The van der Waals surface area contributed by atoms with Crippen LogP contribution in [0.15, 0.2) is 70.6 Å². The Hall–Kier alpha value is -1.76. The third kappa shape index (κ3) is 1.14. The molecule has 0 saturated carbocycles. The van der Waals surface area contributed by atoms with Crippen LogP contribution in [-0.4, -0.2) is 5.11 Å². The van der Waals surface area contributed by atoms with Gasteiger partial charge in [0, 0.05) is 17.4 Å². The van der Waals surface area contributed by atoms with E-state index in [0.717, 1.165) is 18.4 Å². The second-order valence-electron chi connectivity index (χ2n) is 5.13. The highest BCUT2D eigenvalue weighted by Gasteiger charge is 2.39. The first-order valence-corrected chi connectivity index (χ1v) is 6.22. The summed E-state index contributed by atoms with van der Waals surface area (Å²) in [5.41, 5.74) is 5.48. The molecule has 1 N–H and O–H groups in total.